The molecule has 0 spiro atoms. The zero-order valence-electron chi connectivity index (χ0n) is 11.0. The number of benzene rings is 1. The lowest BCUT2D eigenvalue weighted by atomic mass is 9.90. The molecular formula is C14H19NO4. The summed E-state index contributed by atoms with van der Waals surface area (Å²) >= 11 is 0. The van der Waals surface area contributed by atoms with E-state index in [0.717, 1.165) is 5.56 Å². The van der Waals surface area contributed by atoms with Crippen molar-refractivity contribution in [2.24, 2.45) is 0 Å². The van der Waals surface area contributed by atoms with Crippen LogP contribution in [0.25, 0.3) is 0 Å². The predicted molar refractivity (Wildman–Crippen MR) is 71.6 cm³/mol. The smallest absolute Gasteiger partial charge is 0.337 e. The molecule has 0 atom stereocenters. The van der Waals surface area contributed by atoms with Gasteiger partial charge in [-0.2, -0.15) is 0 Å². The molecule has 1 heterocycles. The van der Waals surface area contributed by atoms with Crippen LogP contribution in [-0.2, 0) is 4.74 Å². The molecule has 0 bridgehead atoms. The van der Waals surface area contributed by atoms with Gasteiger partial charge in [0, 0.05) is 18.9 Å². The van der Waals surface area contributed by atoms with E-state index in [1.165, 1.54) is 0 Å². The number of aliphatic hydroxyl groups excluding tert-OH is 1. The fourth-order valence-electron chi connectivity index (χ4n) is 2.31. The molecule has 0 saturated carbocycles. The molecule has 1 aliphatic rings. The van der Waals surface area contributed by atoms with Crippen molar-refractivity contribution in [1.29, 1.82) is 0 Å². The molecule has 0 unspecified atom stereocenters. The molecule has 0 aromatic heterocycles. The molecule has 5 heteroatoms. The number of aryl methyl sites for hydroxylation is 1. The summed E-state index contributed by atoms with van der Waals surface area (Å²) in [5, 5.41) is 22.1. The van der Waals surface area contributed by atoms with Gasteiger partial charge in [0.05, 0.1) is 17.7 Å². The molecule has 104 valence electrons. The van der Waals surface area contributed by atoms with E-state index in [-0.39, 0.29) is 12.2 Å². The average Bonchev–Trinajstić information content (AvgIpc) is 2.42. The van der Waals surface area contributed by atoms with E-state index < -0.39 is 11.5 Å². The van der Waals surface area contributed by atoms with Gasteiger partial charge in [-0.1, -0.05) is 11.6 Å². The van der Waals surface area contributed by atoms with Crippen molar-refractivity contribution in [3.05, 3.63) is 29.3 Å². The Kier molecular flexibility index (Phi) is 4.07. The van der Waals surface area contributed by atoms with Crippen molar-refractivity contribution in [1.82, 2.24) is 0 Å². The second-order valence-electron chi connectivity index (χ2n) is 5.03. The second kappa shape index (κ2) is 5.59. The van der Waals surface area contributed by atoms with Crippen LogP contribution in [0, 0.1) is 6.92 Å². The molecule has 5 nitrogen and oxygen atoms in total. The van der Waals surface area contributed by atoms with Gasteiger partial charge in [0.25, 0.3) is 0 Å². The molecule has 1 aromatic rings. The quantitative estimate of drug-likeness (QED) is 0.771. The minimum absolute atomic E-state index is 0.0384. The van der Waals surface area contributed by atoms with Crippen LogP contribution in [0.5, 0.6) is 0 Å². The van der Waals surface area contributed by atoms with Crippen molar-refractivity contribution in [3.8, 4) is 0 Å². The number of aromatic carboxylic acids is 1. The van der Waals surface area contributed by atoms with Gasteiger partial charge in [0.15, 0.2) is 0 Å². The Balaban J connectivity index is 2.28. The molecule has 1 saturated heterocycles. The molecule has 3 N–H and O–H groups in total. The largest absolute Gasteiger partial charge is 0.478 e. The van der Waals surface area contributed by atoms with Crippen LogP contribution >= 0.6 is 0 Å². The Morgan fingerprint density at radius 2 is 2.11 bits per heavy atom. The number of carboxylic acid groups (broad SMARTS) is 1. The van der Waals surface area contributed by atoms with E-state index in [9.17, 15) is 15.0 Å². The molecule has 0 amide bonds. The fraction of sp³-hybridized carbons (Fsp3) is 0.500. The summed E-state index contributed by atoms with van der Waals surface area (Å²) in [5.41, 5.74) is 1.19. The van der Waals surface area contributed by atoms with Crippen LogP contribution in [0.15, 0.2) is 18.2 Å². The summed E-state index contributed by atoms with van der Waals surface area (Å²) < 4.78 is 5.29. The summed E-state index contributed by atoms with van der Waals surface area (Å²) in [6, 6.07) is 5.25. The van der Waals surface area contributed by atoms with Gasteiger partial charge < -0.3 is 20.3 Å². The van der Waals surface area contributed by atoms with Gasteiger partial charge in [-0.15, -0.1) is 0 Å². The van der Waals surface area contributed by atoms with Crippen LogP contribution in [0.1, 0.15) is 28.8 Å². The van der Waals surface area contributed by atoms with Crippen molar-refractivity contribution in [2.75, 3.05) is 25.1 Å². The van der Waals surface area contributed by atoms with E-state index in [2.05, 4.69) is 5.32 Å². The van der Waals surface area contributed by atoms with E-state index in [1.54, 1.807) is 12.1 Å². The van der Waals surface area contributed by atoms with Gasteiger partial charge in [-0.25, -0.2) is 4.79 Å². The van der Waals surface area contributed by atoms with Crippen LogP contribution < -0.4 is 5.32 Å². The van der Waals surface area contributed by atoms with E-state index in [0.29, 0.717) is 31.7 Å². The molecule has 1 aliphatic heterocycles. The first-order valence-electron chi connectivity index (χ1n) is 6.37. The molecule has 0 aliphatic carbocycles. The number of ether oxygens (including phenoxy) is 1. The normalized spacial score (nSPS) is 18.0. The Morgan fingerprint density at radius 3 is 2.68 bits per heavy atom. The first-order valence-corrected chi connectivity index (χ1v) is 6.37. The molecular weight excluding hydrogens is 246 g/mol. The van der Waals surface area contributed by atoms with Crippen LogP contribution in [-0.4, -0.2) is 41.5 Å². The zero-order valence-corrected chi connectivity index (χ0v) is 11.0. The van der Waals surface area contributed by atoms with Crippen LogP contribution in [0.4, 0.5) is 5.69 Å². The summed E-state index contributed by atoms with van der Waals surface area (Å²) in [7, 11) is 0. The molecule has 2 rings (SSSR count). The third-order valence-corrected chi connectivity index (χ3v) is 3.56. The van der Waals surface area contributed by atoms with Gasteiger partial charge >= 0.3 is 5.97 Å². The molecule has 1 fully saturated rings. The van der Waals surface area contributed by atoms with E-state index in [4.69, 9.17) is 4.74 Å². The van der Waals surface area contributed by atoms with E-state index in [1.807, 2.05) is 13.0 Å². The van der Waals surface area contributed by atoms with E-state index >= 15 is 0 Å². The van der Waals surface area contributed by atoms with Gasteiger partial charge in [0.2, 0.25) is 0 Å². The standard InChI is InChI=1S/C14H19NO4/c1-10-2-3-12(11(8-10)13(17)18)15-14(9-16)4-6-19-7-5-14/h2-3,8,15-16H,4-7,9H2,1H3,(H,17,18). The lowest BCUT2D eigenvalue weighted by Gasteiger charge is -2.37. The highest BCUT2D eigenvalue weighted by Gasteiger charge is 2.32. The lowest BCUT2D eigenvalue weighted by Crippen LogP contribution is -2.47. The lowest BCUT2D eigenvalue weighted by molar-refractivity contribution is 0.0379. The minimum Gasteiger partial charge on any atom is -0.478 e. The minimum atomic E-state index is -0.966. The van der Waals surface area contributed by atoms with Gasteiger partial charge in [-0.05, 0) is 31.9 Å². The van der Waals surface area contributed by atoms with Crippen LogP contribution in [0.2, 0.25) is 0 Å². The monoisotopic (exact) mass is 265 g/mol. The predicted octanol–water partition coefficient (Wildman–Crippen LogP) is 1.65. The zero-order chi connectivity index (χ0) is 13.9. The highest BCUT2D eigenvalue weighted by Crippen LogP contribution is 2.28. The van der Waals surface area contributed by atoms with Crippen LogP contribution in [0.3, 0.4) is 0 Å². The van der Waals surface area contributed by atoms with Gasteiger partial charge in [-0.3, -0.25) is 0 Å². The maximum atomic E-state index is 11.3. The number of nitrogens with one attached hydrogen (secondary N) is 1. The first-order chi connectivity index (χ1) is 9.06. The highest BCUT2D eigenvalue weighted by molar-refractivity contribution is 5.94. The fourth-order valence-corrected chi connectivity index (χ4v) is 2.31. The Hall–Kier alpha value is -1.59. The van der Waals surface area contributed by atoms with Crippen molar-refractivity contribution >= 4 is 11.7 Å². The second-order valence-corrected chi connectivity index (χ2v) is 5.03. The number of hydrogen-bond acceptors (Lipinski definition) is 4. The van der Waals surface area contributed by atoms with Gasteiger partial charge in [0.1, 0.15) is 0 Å². The molecule has 19 heavy (non-hydrogen) atoms. The van der Waals surface area contributed by atoms with Crippen molar-refractivity contribution < 1.29 is 19.7 Å². The topological polar surface area (TPSA) is 78.8 Å². The molecule has 1 aromatic carbocycles. The summed E-state index contributed by atoms with van der Waals surface area (Å²) in [4.78, 5) is 11.3. The maximum absolute atomic E-state index is 11.3. The number of carboxylic acids is 1. The number of aliphatic hydroxyl groups is 1. The van der Waals surface area contributed by atoms with Crippen molar-refractivity contribution in [2.45, 2.75) is 25.3 Å². The number of carbonyl (C=O) groups is 1. The summed E-state index contributed by atoms with van der Waals surface area (Å²) in [6.45, 7) is 2.96. The third-order valence-electron chi connectivity index (χ3n) is 3.56. The van der Waals surface area contributed by atoms with Crippen molar-refractivity contribution in [3.63, 3.8) is 0 Å². The Bertz CT molecular complexity index is 467. The third kappa shape index (κ3) is 3.05. The maximum Gasteiger partial charge on any atom is 0.337 e. The SMILES string of the molecule is Cc1ccc(NC2(CO)CCOCC2)c(C(=O)O)c1. The number of rotatable bonds is 4. The molecule has 0 radical (unpaired) electrons. The summed E-state index contributed by atoms with van der Waals surface area (Å²) in [5.74, 6) is -0.966. The Labute approximate surface area is 112 Å². The average molecular weight is 265 g/mol. The number of anilines is 1. The first kappa shape index (κ1) is 13.8. The Morgan fingerprint density at radius 1 is 1.42 bits per heavy atom. The number of hydrogen-bond donors (Lipinski definition) is 3. The highest BCUT2D eigenvalue weighted by atomic mass is 16.5. The summed E-state index contributed by atoms with van der Waals surface area (Å²) in [6.07, 6.45) is 1.33.